The number of carbonyl (C=O) groups is 1. The fourth-order valence-electron chi connectivity index (χ4n) is 4.70. The maximum atomic E-state index is 12.9. The Kier molecular flexibility index (Phi) is 4.79. The number of nitrogens with zero attached hydrogens (tertiary/aromatic N) is 2. The van der Waals surface area contributed by atoms with E-state index in [1.807, 2.05) is 13.1 Å². The molecule has 2 fully saturated rings. The summed E-state index contributed by atoms with van der Waals surface area (Å²) in [4.78, 5) is 18.9. The molecule has 1 aliphatic heterocycles. The van der Waals surface area contributed by atoms with Crippen molar-refractivity contribution in [2.75, 3.05) is 20.7 Å². The zero-order valence-corrected chi connectivity index (χ0v) is 16.4. The van der Waals surface area contributed by atoms with Gasteiger partial charge in [0.05, 0.1) is 24.3 Å². The molecule has 1 saturated carbocycles. The number of benzene rings is 1. The maximum absolute atomic E-state index is 12.9. The van der Waals surface area contributed by atoms with E-state index in [9.17, 15) is 18.0 Å². The average molecular weight is 404 g/mol. The Labute approximate surface area is 167 Å². The first-order chi connectivity index (χ1) is 13.7. The van der Waals surface area contributed by atoms with Gasteiger partial charge in [0.25, 0.3) is 0 Å². The molecule has 1 spiro atoms. The minimum absolute atomic E-state index is 0.157. The van der Waals surface area contributed by atoms with Gasteiger partial charge in [-0.1, -0.05) is 12.1 Å². The third-order valence-corrected chi connectivity index (χ3v) is 6.38. The van der Waals surface area contributed by atoms with Crippen molar-refractivity contribution in [3.63, 3.8) is 0 Å². The lowest BCUT2D eigenvalue weighted by Gasteiger charge is -2.21. The molecule has 0 radical (unpaired) electrons. The normalized spacial score (nSPS) is 24.5. The summed E-state index contributed by atoms with van der Waals surface area (Å²) in [7, 11) is 3.36. The number of aromatic nitrogens is 1. The smallest absolute Gasteiger partial charge is 0.416 e. The van der Waals surface area contributed by atoms with Gasteiger partial charge in [-0.05, 0) is 49.4 Å². The second kappa shape index (κ2) is 7.04. The Bertz CT molecular complexity index is 927. The number of methoxy groups -OCH3 is 1. The van der Waals surface area contributed by atoms with E-state index in [0.29, 0.717) is 16.9 Å². The van der Waals surface area contributed by atoms with Gasteiger partial charge in [-0.15, -0.1) is 0 Å². The third-order valence-electron chi connectivity index (χ3n) is 6.38. The highest BCUT2D eigenvalue weighted by Crippen LogP contribution is 2.52. The van der Waals surface area contributed by atoms with Crippen LogP contribution in [-0.2, 0) is 11.0 Å². The zero-order valence-electron chi connectivity index (χ0n) is 16.4. The van der Waals surface area contributed by atoms with Crippen molar-refractivity contribution in [3.8, 4) is 16.9 Å². The summed E-state index contributed by atoms with van der Waals surface area (Å²) in [5, 5.41) is 0. The monoisotopic (exact) mass is 404 g/mol. The third kappa shape index (κ3) is 3.47. The fraction of sp³-hybridized carbons (Fsp3) is 0.455. The molecule has 1 aromatic carbocycles. The van der Waals surface area contributed by atoms with Gasteiger partial charge in [-0.25, -0.2) is 0 Å². The molecule has 4 nitrogen and oxygen atoms in total. The van der Waals surface area contributed by atoms with Crippen molar-refractivity contribution >= 4 is 5.91 Å². The maximum Gasteiger partial charge on any atom is 0.416 e. The summed E-state index contributed by atoms with van der Waals surface area (Å²) < 4.78 is 44.0. The van der Waals surface area contributed by atoms with Crippen molar-refractivity contribution < 1.29 is 22.7 Å². The van der Waals surface area contributed by atoms with Crippen molar-refractivity contribution in [1.29, 1.82) is 0 Å². The molecule has 1 saturated heterocycles. The van der Waals surface area contributed by atoms with E-state index in [4.69, 9.17) is 4.74 Å². The Hall–Kier alpha value is -2.57. The Morgan fingerprint density at radius 2 is 1.93 bits per heavy atom. The van der Waals surface area contributed by atoms with E-state index >= 15 is 0 Å². The van der Waals surface area contributed by atoms with Gasteiger partial charge in [0.2, 0.25) is 5.91 Å². The molecule has 1 aromatic heterocycles. The van der Waals surface area contributed by atoms with Gasteiger partial charge in [-0.3, -0.25) is 9.78 Å². The Morgan fingerprint density at radius 3 is 2.52 bits per heavy atom. The lowest BCUT2D eigenvalue weighted by Crippen LogP contribution is -2.30. The molecule has 2 unspecified atom stereocenters. The van der Waals surface area contributed by atoms with Gasteiger partial charge >= 0.3 is 6.18 Å². The number of rotatable bonds is 3. The van der Waals surface area contributed by atoms with Crippen molar-refractivity contribution in [2.45, 2.75) is 37.8 Å². The second-order valence-electron chi connectivity index (χ2n) is 8.08. The van der Waals surface area contributed by atoms with Crippen LogP contribution in [0, 0.1) is 5.41 Å². The predicted octanol–water partition coefficient (Wildman–Crippen LogP) is 4.89. The summed E-state index contributed by atoms with van der Waals surface area (Å²) in [6.07, 6.45) is 0.624. The average Bonchev–Trinajstić information content (AvgIpc) is 3.27. The summed E-state index contributed by atoms with van der Waals surface area (Å²) in [5.41, 5.74) is 1.25. The molecule has 2 aliphatic rings. The summed E-state index contributed by atoms with van der Waals surface area (Å²) in [6, 6.07) is 6.96. The Morgan fingerprint density at radius 1 is 1.21 bits per heavy atom. The van der Waals surface area contributed by atoms with Crippen LogP contribution in [0.2, 0.25) is 0 Å². The van der Waals surface area contributed by atoms with E-state index in [0.717, 1.165) is 50.1 Å². The van der Waals surface area contributed by atoms with Crippen LogP contribution in [0.3, 0.4) is 0 Å². The fourth-order valence-corrected chi connectivity index (χ4v) is 4.70. The van der Waals surface area contributed by atoms with Crippen LogP contribution < -0.4 is 4.74 Å². The molecule has 4 rings (SSSR count). The molecule has 2 aromatic rings. The van der Waals surface area contributed by atoms with E-state index in [1.165, 1.54) is 19.2 Å². The number of hydrogen-bond donors (Lipinski definition) is 0. The molecule has 29 heavy (non-hydrogen) atoms. The number of carbonyl (C=O) groups excluding carboxylic acids is 1. The van der Waals surface area contributed by atoms with Crippen molar-refractivity contribution in [1.82, 2.24) is 9.88 Å². The van der Waals surface area contributed by atoms with Crippen LogP contribution in [-0.4, -0.2) is 36.5 Å². The molecule has 1 amide bonds. The lowest BCUT2D eigenvalue weighted by molar-refractivity contribution is -0.137. The first kappa shape index (κ1) is 19.7. The van der Waals surface area contributed by atoms with E-state index < -0.39 is 11.7 Å². The van der Waals surface area contributed by atoms with Crippen LogP contribution in [0.4, 0.5) is 13.2 Å². The standard InChI is InChI=1S/C22H23F3N2O2/c1-27-10-9-21(20(27)28)8-7-15(12-21)18-11-17(19(29-2)13-26-18)14-3-5-16(6-4-14)22(23,24)25/h3-6,11,13,15H,7-10,12H2,1-2H3. The zero-order chi connectivity index (χ0) is 20.8. The van der Waals surface area contributed by atoms with Gasteiger partial charge in [0, 0.05) is 30.8 Å². The van der Waals surface area contributed by atoms with Gasteiger partial charge in [0.15, 0.2) is 0 Å². The first-order valence-corrected chi connectivity index (χ1v) is 9.71. The van der Waals surface area contributed by atoms with E-state index in [2.05, 4.69) is 4.98 Å². The molecule has 0 N–H and O–H groups in total. The van der Waals surface area contributed by atoms with Crippen LogP contribution in [0.25, 0.3) is 11.1 Å². The predicted molar refractivity (Wildman–Crippen MR) is 103 cm³/mol. The largest absolute Gasteiger partial charge is 0.494 e. The molecule has 2 atom stereocenters. The van der Waals surface area contributed by atoms with Gasteiger partial charge in [-0.2, -0.15) is 13.2 Å². The molecule has 2 heterocycles. The number of hydrogen-bond acceptors (Lipinski definition) is 3. The number of halogens is 3. The molecular weight excluding hydrogens is 381 g/mol. The summed E-state index contributed by atoms with van der Waals surface area (Å²) in [5.74, 6) is 0.888. The molecule has 0 bridgehead atoms. The summed E-state index contributed by atoms with van der Waals surface area (Å²) in [6.45, 7) is 0.790. The SMILES string of the molecule is COc1cnc(C2CCC3(CCN(C)C3=O)C2)cc1-c1ccc(C(F)(F)F)cc1. The first-order valence-electron chi connectivity index (χ1n) is 9.71. The Balaban J connectivity index is 1.64. The molecule has 154 valence electrons. The van der Waals surface area contributed by atoms with Crippen LogP contribution >= 0.6 is 0 Å². The summed E-state index contributed by atoms with van der Waals surface area (Å²) >= 11 is 0. The van der Waals surface area contributed by atoms with Crippen molar-refractivity contribution in [2.24, 2.45) is 5.41 Å². The van der Waals surface area contributed by atoms with Gasteiger partial charge in [0.1, 0.15) is 5.75 Å². The van der Waals surface area contributed by atoms with Crippen LogP contribution in [0.5, 0.6) is 5.75 Å². The second-order valence-corrected chi connectivity index (χ2v) is 8.08. The van der Waals surface area contributed by atoms with Gasteiger partial charge < -0.3 is 9.64 Å². The van der Waals surface area contributed by atoms with Crippen LogP contribution in [0.1, 0.15) is 42.9 Å². The molecule has 1 aliphatic carbocycles. The molecular formula is C22H23F3N2O2. The topological polar surface area (TPSA) is 42.4 Å². The van der Waals surface area contributed by atoms with E-state index in [-0.39, 0.29) is 17.2 Å². The number of pyridine rings is 1. The quantitative estimate of drug-likeness (QED) is 0.731. The van der Waals surface area contributed by atoms with Crippen molar-refractivity contribution in [3.05, 3.63) is 47.8 Å². The highest BCUT2D eigenvalue weighted by atomic mass is 19.4. The van der Waals surface area contributed by atoms with Crippen LogP contribution in [0.15, 0.2) is 36.5 Å². The number of ether oxygens (including phenoxy) is 1. The lowest BCUT2D eigenvalue weighted by atomic mass is 9.83. The molecule has 7 heteroatoms. The van der Waals surface area contributed by atoms with E-state index in [1.54, 1.807) is 11.1 Å². The highest BCUT2D eigenvalue weighted by Gasteiger charge is 2.50. The number of alkyl halides is 3. The minimum Gasteiger partial charge on any atom is -0.494 e. The number of likely N-dealkylation sites (tertiary alicyclic amines) is 1. The highest BCUT2D eigenvalue weighted by molar-refractivity contribution is 5.85. The number of amides is 1. The minimum atomic E-state index is -4.37.